The third kappa shape index (κ3) is 14.1. The van der Waals surface area contributed by atoms with E-state index < -0.39 is 73.4 Å². The van der Waals surface area contributed by atoms with Gasteiger partial charge < -0.3 is 52.1 Å². The summed E-state index contributed by atoms with van der Waals surface area (Å²) < 4.78 is 71.2. The number of hydrogen-bond donors (Lipinski definition) is 0. The minimum absolute atomic E-state index is 0.0199. The molecule has 0 saturated carbocycles. The SMILES string of the molecule is CO[C@@H]1O[C@H](COCc2ccccc2)[C@H](O[C@@H]2O[C@H](COCc3ccccc3)[C@H](OCc3ccccc3)[C@H](OCc3ccccc3)[C@H]2OC(C)=O)[C@H](OC(C)=O)[C@H]1OCc1ccccc1. The van der Waals surface area contributed by atoms with Crippen LogP contribution in [-0.4, -0.2) is 93.7 Å². The van der Waals surface area contributed by atoms with E-state index in [-0.39, 0.29) is 46.2 Å². The van der Waals surface area contributed by atoms with Crippen molar-refractivity contribution < 1.29 is 61.7 Å². The fraction of sp³-hybridized carbons (Fsp3) is 0.385. The molecule has 65 heavy (non-hydrogen) atoms. The minimum atomic E-state index is -1.35. The molecule has 5 aromatic rings. The summed E-state index contributed by atoms with van der Waals surface area (Å²) in [6.45, 7) is 3.65. The van der Waals surface area contributed by atoms with Gasteiger partial charge in [0.15, 0.2) is 24.8 Å². The van der Waals surface area contributed by atoms with Gasteiger partial charge in [-0.2, -0.15) is 0 Å². The first kappa shape index (κ1) is 47.6. The monoisotopic (exact) mass is 890 g/mol. The van der Waals surface area contributed by atoms with Gasteiger partial charge in [0.2, 0.25) is 0 Å². The summed E-state index contributed by atoms with van der Waals surface area (Å²) in [5.41, 5.74) is 4.57. The van der Waals surface area contributed by atoms with Crippen molar-refractivity contribution in [3.05, 3.63) is 179 Å². The Morgan fingerprint density at radius 2 is 0.769 bits per heavy atom. The summed E-state index contributed by atoms with van der Waals surface area (Å²) in [6, 6.07) is 48.4. The third-order valence-electron chi connectivity index (χ3n) is 11.0. The van der Waals surface area contributed by atoms with E-state index >= 15 is 0 Å². The van der Waals surface area contributed by atoms with Crippen LogP contribution in [-0.2, 0) is 94.7 Å². The predicted octanol–water partition coefficient (Wildman–Crippen LogP) is 7.52. The number of hydrogen-bond acceptors (Lipinski definition) is 13. The maximum Gasteiger partial charge on any atom is 0.303 e. The molecule has 7 rings (SSSR count). The highest BCUT2D eigenvalue weighted by Crippen LogP contribution is 2.36. The van der Waals surface area contributed by atoms with E-state index in [1.807, 2.05) is 152 Å². The Balaban J connectivity index is 1.25. The average molecular weight is 891 g/mol. The number of ether oxygens (including phenoxy) is 11. The molecule has 2 aliphatic heterocycles. The van der Waals surface area contributed by atoms with Gasteiger partial charge in [-0.05, 0) is 27.8 Å². The summed E-state index contributed by atoms with van der Waals surface area (Å²) in [5, 5.41) is 0. The molecule has 0 unspecified atom stereocenters. The molecular weight excluding hydrogens is 833 g/mol. The van der Waals surface area contributed by atoms with E-state index in [9.17, 15) is 9.59 Å². The molecule has 0 aliphatic carbocycles. The summed E-state index contributed by atoms with van der Waals surface area (Å²) >= 11 is 0. The molecule has 0 spiro atoms. The van der Waals surface area contributed by atoms with Crippen LogP contribution < -0.4 is 0 Å². The molecule has 5 aromatic carbocycles. The standard InChI is InChI=1S/C52H58O13/c1-36(53)61-48-46(44(35-57-30-39-21-11-5-12-22-39)63-51(55-3)49(48)60-33-42-27-17-8-18-28-42)65-52-50(62-37(2)54)47(59-32-41-25-15-7-16-26-41)45(58-31-40-23-13-6-14-24-40)43(64-52)34-56-29-38-19-9-4-10-20-38/h4-28,43-52H,29-35H2,1-3H3/t43-,44-,45+,46+,47+,48+,49-,50-,51-,52+/m1/s1. The molecule has 13 heteroatoms. The number of carbonyl (C=O) groups excluding carboxylic acids is 2. The van der Waals surface area contributed by atoms with Crippen molar-refractivity contribution in [2.45, 2.75) is 108 Å². The van der Waals surface area contributed by atoms with E-state index in [1.54, 1.807) is 0 Å². The number of carbonyl (C=O) groups is 2. The number of esters is 2. The quantitative estimate of drug-likeness (QED) is 0.0635. The van der Waals surface area contributed by atoms with Crippen LogP contribution in [0, 0.1) is 0 Å². The van der Waals surface area contributed by atoms with E-state index in [1.165, 1.54) is 21.0 Å². The molecule has 0 N–H and O–H groups in total. The molecule has 0 amide bonds. The van der Waals surface area contributed by atoms with E-state index in [4.69, 9.17) is 52.1 Å². The molecule has 344 valence electrons. The van der Waals surface area contributed by atoms with Crippen LogP contribution in [0.5, 0.6) is 0 Å². The van der Waals surface area contributed by atoms with Crippen molar-refractivity contribution in [2.24, 2.45) is 0 Å². The van der Waals surface area contributed by atoms with Gasteiger partial charge in [0.05, 0.1) is 46.2 Å². The fourth-order valence-corrected chi connectivity index (χ4v) is 7.89. The Hall–Kier alpha value is -5.32. The van der Waals surface area contributed by atoms with Gasteiger partial charge in [-0.25, -0.2) is 0 Å². The van der Waals surface area contributed by atoms with Crippen molar-refractivity contribution in [2.75, 3.05) is 20.3 Å². The minimum Gasteiger partial charge on any atom is -0.457 e. The van der Waals surface area contributed by atoms with Gasteiger partial charge in [-0.1, -0.05) is 152 Å². The van der Waals surface area contributed by atoms with Gasteiger partial charge in [0.1, 0.15) is 36.6 Å². The van der Waals surface area contributed by atoms with E-state index in [0.717, 1.165) is 27.8 Å². The Bertz CT molecular complexity index is 2130. The first-order valence-electron chi connectivity index (χ1n) is 21.9. The second-order valence-corrected chi connectivity index (χ2v) is 15.9. The zero-order valence-corrected chi connectivity index (χ0v) is 37.0. The second kappa shape index (κ2) is 24.8. The van der Waals surface area contributed by atoms with Crippen molar-refractivity contribution in [3.63, 3.8) is 0 Å². The van der Waals surface area contributed by atoms with E-state index in [2.05, 4.69) is 0 Å². The molecule has 13 nitrogen and oxygen atoms in total. The maximum absolute atomic E-state index is 13.2. The summed E-state index contributed by atoms with van der Waals surface area (Å²) in [6.07, 6.45) is -10.4. The zero-order valence-electron chi connectivity index (χ0n) is 37.0. The zero-order chi connectivity index (χ0) is 45.2. The Kier molecular flexibility index (Phi) is 18.2. The highest BCUT2D eigenvalue weighted by atomic mass is 16.8. The van der Waals surface area contributed by atoms with Crippen LogP contribution >= 0.6 is 0 Å². The number of benzene rings is 5. The molecule has 2 heterocycles. The molecule has 2 aliphatic rings. The predicted molar refractivity (Wildman–Crippen MR) is 238 cm³/mol. The third-order valence-corrected chi connectivity index (χ3v) is 11.0. The van der Waals surface area contributed by atoms with Gasteiger partial charge in [-0.3, -0.25) is 9.59 Å². The first-order valence-corrected chi connectivity index (χ1v) is 21.9. The van der Waals surface area contributed by atoms with Crippen molar-refractivity contribution in [1.82, 2.24) is 0 Å². The van der Waals surface area contributed by atoms with Crippen LogP contribution in [0.25, 0.3) is 0 Å². The van der Waals surface area contributed by atoms with Crippen LogP contribution in [0.1, 0.15) is 41.7 Å². The van der Waals surface area contributed by atoms with Gasteiger partial charge in [0, 0.05) is 21.0 Å². The number of rotatable bonds is 22. The van der Waals surface area contributed by atoms with E-state index in [0.29, 0.717) is 0 Å². The van der Waals surface area contributed by atoms with Crippen molar-refractivity contribution in [3.8, 4) is 0 Å². The smallest absolute Gasteiger partial charge is 0.303 e. The molecule has 2 saturated heterocycles. The summed E-state index contributed by atoms with van der Waals surface area (Å²) in [7, 11) is 1.49. The molecule has 2 fully saturated rings. The molecule has 0 bridgehead atoms. The van der Waals surface area contributed by atoms with Crippen LogP contribution in [0.3, 0.4) is 0 Å². The Labute approximate surface area is 380 Å². The summed E-state index contributed by atoms with van der Waals surface area (Å²) in [4.78, 5) is 26.2. The van der Waals surface area contributed by atoms with Crippen LogP contribution in [0.15, 0.2) is 152 Å². The van der Waals surface area contributed by atoms with Gasteiger partial charge in [-0.15, -0.1) is 0 Å². The fourth-order valence-electron chi connectivity index (χ4n) is 7.89. The lowest BCUT2D eigenvalue weighted by Gasteiger charge is -2.49. The second-order valence-electron chi connectivity index (χ2n) is 15.9. The lowest BCUT2D eigenvalue weighted by molar-refractivity contribution is -0.368. The molecule has 0 aromatic heterocycles. The molecular formula is C52H58O13. The lowest BCUT2D eigenvalue weighted by Crippen LogP contribution is -2.66. The molecule has 0 radical (unpaired) electrons. The Morgan fingerprint density at radius 1 is 0.415 bits per heavy atom. The van der Waals surface area contributed by atoms with Crippen LogP contribution in [0.2, 0.25) is 0 Å². The van der Waals surface area contributed by atoms with Crippen molar-refractivity contribution >= 4 is 11.9 Å². The van der Waals surface area contributed by atoms with Gasteiger partial charge in [0.25, 0.3) is 0 Å². The largest absolute Gasteiger partial charge is 0.457 e. The Morgan fingerprint density at radius 3 is 1.18 bits per heavy atom. The van der Waals surface area contributed by atoms with Gasteiger partial charge >= 0.3 is 11.9 Å². The normalized spacial score (nSPS) is 25.4. The van der Waals surface area contributed by atoms with Crippen molar-refractivity contribution in [1.29, 1.82) is 0 Å². The molecule has 10 atom stereocenters. The lowest BCUT2D eigenvalue weighted by atomic mass is 9.95. The highest BCUT2D eigenvalue weighted by Gasteiger charge is 2.55. The van der Waals surface area contributed by atoms with Crippen LogP contribution in [0.4, 0.5) is 0 Å². The topological polar surface area (TPSA) is 136 Å². The average Bonchev–Trinajstić information content (AvgIpc) is 3.33. The number of methoxy groups -OCH3 is 1. The first-order chi connectivity index (χ1) is 31.8. The maximum atomic E-state index is 13.2. The highest BCUT2D eigenvalue weighted by molar-refractivity contribution is 5.66. The summed E-state index contributed by atoms with van der Waals surface area (Å²) in [5.74, 6) is -1.20.